The second-order valence-corrected chi connectivity index (χ2v) is 8.61. The van der Waals surface area contributed by atoms with E-state index in [1.54, 1.807) is 25.3 Å². The highest BCUT2D eigenvalue weighted by atomic mass is 35.5. The SMILES string of the molecule is COc1cc(C(=O)CCC2CCN(Cc3cc(-c4ccccc4)co3)CC2)ccc1Cl. The summed E-state index contributed by atoms with van der Waals surface area (Å²) in [6.07, 6.45) is 5.56. The molecule has 0 aliphatic carbocycles. The van der Waals surface area contributed by atoms with Gasteiger partial charge in [-0.05, 0) is 68.1 Å². The Kier molecular flexibility index (Phi) is 7.10. The van der Waals surface area contributed by atoms with Crippen molar-refractivity contribution < 1.29 is 13.9 Å². The number of piperidine rings is 1. The van der Waals surface area contributed by atoms with Crippen molar-refractivity contribution in [3.05, 3.63) is 77.2 Å². The first-order valence-corrected chi connectivity index (χ1v) is 11.2. The van der Waals surface area contributed by atoms with Gasteiger partial charge in [-0.25, -0.2) is 0 Å². The largest absolute Gasteiger partial charge is 0.495 e. The molecule has 31 heavy (non-hydrogen) atoms. The molecule has 4 rings (SSSR count). The lowest BCUT2D eigenvalue weighted by atomic mass is 9.90. The van der Waals surface area contributed by atoms with Gasteiger partial charge in [-0.2, -0.15) is 0 Å². The van der Waals surface area contributed by atoms with Gasteiger partial charge in [0.1, 0.15) is 11.5 Å². The zero-order valence-electron chi connectivity index (χ0n) is 17.9. The van der Waals surface area contributed by atoms with Crippen LogP contribution in [0.15, 0.2) is 65.3 Å². The topological polar surface area (TPSA) is 42.7 Å². The van der Waals surface area contributed by atoms with Crippen LogP contribution in [0, 0.1) is 5.92 Å². The van der Waals surface area contributed by atoms with Gasteiger partial charge >= 0.3 is 0 Å². The molecule has 0 unspecified atom stereocenters. The van der Waals surface area contributed by atoms with Gasteiger partial charge < -0.3 is 9.15 Å². The predicted molar refractivity (Wildman–Crippen MR) is 124 cm³/mol. The maximum Gasteiger partial charge on any atom is 0.163 e. The van der Waals surface area contributed by atoms with E-state index in [1.807, 2.05) is 24.5 Å². The third-order valence-electron chi connectivity index (χ3n) is 6.10. The second-order valence-electron chi connectivity index (χ2n) is 8.20. The lowest BCUT2D eigenvalue weighted by Crippen LogP contribution is -2.33. The van der Waals surface area contributed by atoms with E-state index in [2.05, 4.69) is 23.1 Å². The quantitative estimate of drug-likeness (QED) is 0.378. The summed E-state index contributed by atoms with van der Waals surface area (Å²) < 4.78 is 11.0. The molecule has 1 aromatic heterocycles. The molecule has 3 aromatic rings. The number of nitrogens with zero attached hydrogens (tertiary/aromatic N) is 1. The van der Waals surface area contributed by atoms with E-state index >= 15 is 0 Å². The Balaban J connectivity index is 1.23. The minimum Gasteiger partial charge on any atom is -0.495 e. The standard InChI is InChI=1S/C26H28ClNO3/c1-30-26-16-21(8-9-24(26)27)25(29)10-7-19-11-13-28(14-12-19)17-23-15-22(18-31-23)20-5-3-2-4-6-20/h2-6,8-9,15-16,18-19H,7,10-14,17H2,1H3. The van der Waals surface area contributed by atoms with Crippen LogP contribution >= 0.6 is 11.6 Å². The van der Waals surface area contributed by atoms with Gasteiger partial charge in [0.15, 0.2) is 5.78 Å². The van der Waals surface area contributed by atoms with Gasteiger partial charge in [0.2, 0.25) is 0 Å². The highest BCUT2D eigenvalue weighted by Crippen LogP contribution is 2.28. The first-order valence-electron chi connectivity index (χ1n) is 10.8. The number of carbonyl (C=O) groups excluding carboxylic acids is 1. The van der Waals surface area contributed by atoms with E-state index in [4.69, 9.17) is 20.8 Å². The van der Waals surface area contributed by atoms with Crippen LogP contribution < -0.4 is 4.74 Å². The molecule has 0 N–H and O–H groups in total. The zero-order valence-corrected chi connectivity index (χ0v) is 18.6. The molecule has 1 aliphatic heterocycles. The number of hydrogen-bond donors (Lipinski definition) is 0. The third kappa shape index (κ3) is 5.57. The van der Waals surface area contributed by atoms with Gasteiger partial charge in [0, 0.05) is 17.5 Å². The number of hydrogen-bond acceptors (Lipinski definition) is 4. The fraction of sp³-hybridized carbons (Fsp3) is 0.346. The summed E-state index contributed by atoms with van der Waals surface area (Å²) in [6.45, 7) is 2.91. The van der Waals surface area contributed by atoms with Crippen LogP contribution in [0.4, 0.5) is 0 Å². The van der Waals surface area contributed by atoms with Crippen molar-refractivity contribution in [1.82, 2.24) is 4.90 Å². The number of methoxy groups -OCH3 is 1. The fourth-order valence-corrected chi connectivity index (χ4v) is 4.41. The van der Waals surface area contributed by atoms with Crippen LogP contribution in [-0.4, -0.2) is 30.9 Å². The number of ether oxygens (including phenoxy) is 1. The molecular weight excluding hydrogens is 410 g/mol. The molecular formula is C26H28ClNO3. The molecule has 1 fully saturated rings. The summed E-state index contributed by atoms with van der Waals surface area (Å²) >= 11 is 6.06. The number of Topliss-reactive ketones (excluding diaryl/α,β-unsaturated/α-hetero) is 1. The van der Waals surface area contributed by atoms with Crippen molar-refractivity contribution in [2.24, 2.45) is 5.92 Å². The van der Waals surface area contributed by atoms with Crippen LogP contribution in [0.2, 0.25) is 5.02 Å². The van der Waals surface area contributed by atoms with E-state index in [1.165, 1.54) is 5.56 Å². The summed E-state index contributed by atoms with van der Waals surface area (Å²) in [6, 6.07) is 17.7. The van der Waals surface area contributed by atoms with E-state index in [0.29, 0.717) is 28.7 Å². The molecule has 5 heteroatoms. The van der Waals surface area contributed by atoms with Crippen molar-refractivity contribution in [1.29, 1.82) is 0 Å². The average molecular weight is 438 g/mol. The Morgan fingerprint density at radius 3 is 2.61 bits per heavy atom. The lowest BCUT2D eigenvalue weighted by molar-refractivity contribution is 0.0960. The van der Waals surface area contributed by atoms with Crippen molar-refractivity contribution in [2.75, 3.05) is 20.2 Å². The van der Waals surface area contributed by atoms with Gasteiger partial charge in [-0.1, -0.05) is 41.9 Å². The number of likely N-dealkylation sites (tertiary alicyclic amines) is 1. The van der Waals surface area contributed by atoms with Crippen LogP contribution in [0.25, 0.3) is 11.1 Å². The Labute approximate surface area is 188 Å². The molecule has 1 saturated heterocycles. The molecule has 0 bridgehead atoms. The normalized spacial score (nSPS) is 15.2. The first kappa shape index (κ1) is 21.7. The highest BCUT2D eigenvalue weighted by molar-refractivity contribution is 6.32. The van der Waals surface area contributed by atoms with Crippen LogP contribution in [0.3, 0.4) is 0 Å². The molecule has 162 valence electrons. The van der Waals surface area contributed by atoms with E-state index in [0.717, 1.165) is 50.2 Å². The van der Waals surface area contributed by atoms with Crippen molar-refractivity contribution in [3.63, 3.8) is 0 Å². The number of carbonyl (C=O) groups is 1. The van der Waals surface area contributed by atoms with Crippen molar-refractivity contribution >= 4 is 17.4 Å². The number of ketones is 1. The first-order chi connectivity index (χ1) is 15.1. The molecule has 0 spiro atoms. The average Bonchev–Trinajstić information content (AvgIpc) is 3.28. The van der Waals surface area contributed by atoms with Gasteiger partial charge in [0.05, 0.1) is 24.9 Å². The summed E-state index contributed by atoms with van der Waals surface area (Å²) in [7, 11) is 1.56. The molecule has 0 amide bonds. The molecule has 0 radical (unpaired) electrons. The molecule has 0 saturated carbocycles. The number of furan rings is 1. The number of halogens is 1. The zero-order chi connectivity index (χ0) is 21.6. The molecule has 0 atom stereocenters. The van der Waals surface area contributed by atoms with Crippen LogP contribution in [0.1, 0.15) is 41.8 Å². The Morgan fingerprint density at radius 1 is 1.10 bits per heavy atom. The summed E-state index contributed by atoms with van der Waals surface area (Å²) in [4.78, 5) is 15.0. The second kappa shape index (κ2) is 10.2. The maximum atomic E-state index is 12.6. The molecule has 2 aromatic carbocycles. The fourth-order valence-electron chi connectivity index (χ4n) is 4.21. The smallest absolute Gasteiger partial charge is 0.163 e. The lowest BCUT2D eigenvalue weighted by Gasteiger charge is -2.31. The van der Waals surface area contributed by atoms with E-state index < -0.39 is 0 Å². The Morgan fingerprint density at radius 2 is 1.87 bits per heavy atom. The van der Waals surface area contributed by atoms with E-state index in [-0.39, 0.29) is 5.78 Å². The molecule has 1 aliphatic rings. The summed E-state index contributed by atoms with van der Waals surface area (Å²) in [5.74, 6) is 2.30. The van der Waals surface area contributed by atoms with Crippen LogP contribution in [-0.2, 0) is 6.54 Å². The Hall–Kier alpha value is -2.56. The van der Waals surface area contributed by atoms with Gasteiger partial charge in [-0.15, -0.1) is 0 Å². The number of benzene rings is 2. The highest BCUT2D eigenvalue weighted by Gasteiger charge is 2.21. The molecule has 2 heterocycles. The minimum absolute atomic E-state index is 0.154. The van der Waals surface area contributed by atoms with Gasteiger partial charge in [-0.3, -0.25) is 9.69 Å². The van der Waals surface area contributed by atoms with Crippen molar-refractivity contribution in [3.8, 4) is 16.9 Å². The van der Waals surface area contributed by atoms with Crippen LogP contribution in [0.5, 0.6) is 5.75 Å². The van der Waals surface area contributed by atoms with Crippen molar-refractivity contribution in [2.45, 2.75) is 32.2 Å². The van der Waals surface area contributed by atoms with Gasteiger partial charge in [0.25, 0.3) is 0 Å². The number of rotatable bonds is 8. The summed E-state index contributed by atoms with van der Waals surface area (Å²) in [5, 5.41) is 0.527. The third-order valence-corrected chi connectivity index (χ3v) is 6.41. The molecule has 4 nitrogen and oxygen atoms in total. The maximum absolute atomic E-state index is 12.6. The van der Waals surface area contributed by atoms with E-state index in [9.17, 15) is 4.79 Å². The Bertz CT molecular complexity index is 1010. The predicted octanol–water partition coefficient (Wildman–Crippen LogP) is 6.48. The summed E-state index contributed by atoms with van der Waals surface area (Å²) in [5.41, 5.74) is 2.98. The minimum atomic E-state index is 0.154. The monoisotopic (exact) mass is 437 g/mol.